The second-order valence-corrected chi connectivity index (χ2v) is 8.49. The summed E-state index contributed by atoms with van der Waals surface area (Å²) in [5, 5.41) is 2.60. The van der Waals surface area contributed by atoms with Gasteiger partial charge in [0.2, 0.25) is 11.8 Å². The number of anilines is 1. The maximum absolute atomic E-state index is 12.6. The highest BCUT2D eigenvalue weighted by atomic mass is 127. The zero-order chi connectivity index (χ0) is 20.7. The Bertz CT molecular complexity index is 988. The van der Waals surface area contributed by atoms with Crippen molar-refractivity contribution in [1.29, 1.82) is 0 Å². The summed E-state index contributed by atoms with van der Waals surface area (Å²) in [6.07, 6.45) is 0. The van der Waals surface area contributed by atoms with Crippen LogP contribution in [0, 0.1) is 3.70 Å². The lowest BCUT2D eigenvalue weighted by Gasteiger charge is -2.11. The number of halogens is 2. The van der Waals surface area contributed by atoms with Gasteiger partial charge in [0, 0.05) is 11.4 Å². The highest BCUT2D eigenvalue weighted by Gasteiger charge is 2.25. The normalized spacial score (nSPS) is 10.8. The van der Waals surface area contributed by atoms with Crippen LogP contribution >= 0.6 is 38.5 Å². The summed E-state index contributed by atoms with van der Waals surface area (Å²) >= 11 is 4.99. The quantitative estimate of drug-likeness (QED) is 0.219. The first-order valence-corrected chi connectivity index (χ1v) is 11.2. The molecule has 0 radical (unpaired) electrons. The molecule has 0 atom stereocenters. The molecular weight excluding hydrogens is 571 g/mol. The number of carbonyl (C=O) groups is 2. The number of aromatic nitrogens is 2. The maximum Gasteiger partial charge on any atom is 0.339 e. The summed E-state index contributed by atoms with van der Waals surface area (Å²) in [7, 11) is -2.98. The summed E-state index contributed by atoms with van der Waals surface area (Å²) in [5.74, 6) is -0.787. The van der Waals surface area contributed by atoms with Crippen molar-refractivity contribution >= 4 is 66.5 Å². The predicted octanol–water partition coefficient (Wildman–Crippen LogP) is 2.15. The first-order chi connectivity index (χ1) is 13.3. The molecule has 0 saturated carbocycles. The lowest BCUT2D eigenvalue weighted by molar-refractivity contribution is 0.0526. The highest BCUT2D eigenvalue weighted by molar-refractivity contribution is 14.1. The molecule has 0 aliphatic heterocycles. The standard InChI is InChI=1S/C15H14BrIN4O6S/c1-26-12-8-11(17)18-14(19-12)20-15(23)21-28(24,25)10-5-3-2-4-9(10)13(22)27-7-6-16/h2-5,8H,6-7H2,1H3,(H2,18,19,20,21,23). The second kappa shape index (κ2) is 9.97. The van der Waals surface area contributed by atoms with E-state index in [1.165, 1.54) is 37.4 Å². The van der Waals surface area contributed by atoms with E-state index < -0.39 is 26.9 Å². The third-order valence-electron chi connectivity index (χ3n) is 3.04. The number of nitrogens with one attached hydrogen (secondary N) is 2. The fourth-order valence-electron chi connectivity index (χ4n) is 1.94. The van der Waals surface area contributed by atoms with E-state index in [1.807, 2.05) is 27.3 Å². The molecule has 10 nitrogen and oxygen atoms in total. The van der Waals surface area contributed by atoms with Crippen LogP contribution < -0.4 is 14.8 Å². The molecule has 0 fully saturated rings. The van der Waals surface area contributed by atoms with Crippen LogP contribution in [0.2, 0.25) is 0 Å². The van der Waals surface area contributed by atoms with E-state index in [2.05, 4.69) is 31.2 Å². The van der Waals surface area contributed by atoms with Crippen molar-refractivity contribution in [3.8, 4) is 5.88 Å². The molecule has 1 aromatic heterocycles. The monoisotopic (exact) mass is 584 g/mol. The number of carbonyl (C=O) groups excluding carboxylic acids is 2. The molecule has 0 aliphatic carbocycles. The van der Waals surface area contributed by atoms with Crippen LogP contribution in [-0.2, 0) is 14.8 Å². The van der Waals surface area contributed by atoms with Crippen LogP contribution in [0.15, 0.2) is 35.2 Å². The first-order valence-electron chi connectivity index (χ1n) is 7.51. The van der Waals surface area contributed by atoms with Crippen molar-refractivity contribution in [3.63, 3.8) is 0 Å². The number of benzene rings is 1. The number of esters is 1. The molecule has 13 heteroatoms. The number of sulfonamides is 1. The fraction of sp³-hybridized carbons (Fsp3) is 0.200. The van der Waals surface area contributed by atoms with Crippen LogP contribution in [0.3, 0.4) is 0 Å². The van der Waals surface area contributed by atoms with Crippen molar-refractivity contribution in [2.45, 2.75) is 4.90 Å². The van der Waals surface area contributed by atoms with E-state index >= 15 is 0 Å². The van der Waals surface area contributed by atoms with Gasteiger partial charge < -0.3 is 9.47 Å². The maximum atomic E-state index is 12.6. The van der Waals surface area contributed by atoms with Gasteiger partial charge in [-0.2, -0.15) is 4.98 Å². The van der Waals surface area contributed by atoms with Gasteiger partial charge in [-0.25, -0.2) is 27.7 Å². The van der Waals surface area contributed by atoms with Gasteiger partial charge in [-0.05, 0) is 34.7 Å². The van der Waals surface area contributed by atoms with Crippen LogP contribution in [-0.4, -0.2) is 49.4 Å². The predicted molar refractivity (Wildman–Crippen MR) is 111 cm³/mol. The Balaban J connectivity index is 2.21. The Morgan fingerprint density at radius 3 is 2.64 bits per heavy atom. The minimum atomic E-state index is -4.37. The van der Waals surface area contributed by atoms with Crippen LogP contribution in [0.25, 0.3) is 0 Å². The SMILES string of the molecule is COc1cc(I)nc(NC(=O)NS(=O)(=O)c2ccccc2C(=O)OCCBr)n1. The highest BCUT2D eigenvalue weighted by Crippen LogP contribution is 2.17. The molecule has 0 unspecified atom stereocenters. The van der Waals surface area contributed by atoms with E-state index in [9.17, 15) is 18.0 Å². The number of ether oxygens (including phenoxy) is 2. The zero-order valence-corrected chi connectivity index (χ0v) is 18.9. The Hall–Kier alpha value is -2.00. The Kier molecular flexibility index (Phi) is 7.94. The molecule has 2 amide bonds. The van der Waals surface area contributed by atoms with E-state index in [0.29, 0.717) is 9.03 Å². The lowest BCUT2D eigenvalue weighted by atomic mass is 10.2. The minimum Gasteiger partial charge on any atom is -0.481 e. The smallest absolute Gasteiger partial charge is 0.339 e. The fourth-order valence-corrected chi connectivity index (χ4v) is 3.70. The average molecular weight is 585 g/mol. The third-order valence-corrected chi connectivity index (χ3v) is 5.31. The molecule has 150 valence electrons. The van der Waals surface area contributed by atoms with Gasteiger partial charge in [0.05, 0.1) is 12.7 Å². The first kappa shape index (κ1) is 22.3. The Morgan fingerprint density at radius 2 is 1.96 bits per heavy atom. The number of hydrogen-bond acceptors (Lipinski definition) is 8. The van der Waals surface area contributed by atoms with E-state index in [4.69, 9.17) is 9.47 Å². The van der Waals surface area contributed by atoms with Crippen LogP contribution in [0.5, 0.6) is 5.88 Å². The van der Waals surface area contributed by atoms with Crippen molar-refractivity contribution in [3.05, 3.63) is 39.6 Å². The molecule has 0 saturated heterocycles. The molecule has 28 heavy (non-hydrogen) atoms. The zero-order valence-electron chi connectivity index (χ0n) is 14.3. The molecule has 2 rings (SSSR count). The molecule has 2 N–H and O–H groups in total. The van der Waals surface area contributed by atoms with Gasteiger partial charge in [-0.15, -0.1) is 0 Å². The lowest BCUT2D eigenvalue weighted by Crippen LogP contribution is -2.35. The number of alkyl halides is 1. The molecule has 1 aromatic carbocycles. The summed E-state index contributed by atoms with van der Waals surface area (Å²) in [6.45, 7) is 0.0624. The topological polar surface area (TPSA) is 137 Å². The van der Waals surface area contributed by atoms with E-state index in [1.54, 1.807) is 0 Å². The average Bonchev–Trinajstić information content (AvgIpc) is 2.65. The Morgan fingerprint density at radius 1 is 1.25 bits per heavy atom. The van der Waals surface area contributed by atoms with Crippen molar-refractivity contribution in [2.24, 2.45) is 0 Å². The number of rotatable bonds is 7. The van der Waals surface area contributed by atoms with Crippen LogP contribution in [0.1, 0.15) is 10.4 Å². The van der Waals surface area contributed by atoms with Crippen molar-refractivity contribution < 1.29 is 27.5 Å². The van der Waals surface area contributed by atoms with Crippen LogP contribution in [0.4, 0.5) is 10.7 Å². The number of nitrogens with zero attached hydrogens (tertiary/aromatic N) is 2. The van der Waals surface area contributed by atoms with Gasteiger partial charge in [0.15, 0.2) is 0 Å². The largest absolute Gasteiger partial charge is 0.481 e. The van der Waals surface area contributed by atoms with Crippen molar-refractivity contribution in [1.82, 2.24) is 14.7 Å². The molecule has 0 aliphatic rings. The molecule has 0 spiro atoms. The van der Waals surface area contributed by atoms with Crippen molar-refractivity contribution in [2.75, 3.05) is 24.4 Å². The third kappa shape index (κ3) is 6.00. The molecule has 2 aromatic rings. The minimum absolute atomic E-state index is 0.0624. The summed E-state index contributed by atoms with van der Waals surface area (Å²) < 4.78 is 37.3. The Labute approximate surface area is 182 Å². The number of amides is 2. The van der Waals surface area contributed by atoms with Gasteiger partial charge in [0.25, 0.3) is 10.0 Å². The summed E-state index contributed by atoms with van der Waals surface area (Å²) in [5.41, 5.74) is -0.198. The molecular formula is C15H14BrIN4O6S. The van der Waals surface area contributed by atoms with Gasteiger partial charge >= 0.3 is 12.0 Å². The summed E-state index contributed by atoms with van der Waals surface area (Å²) in [4.78, 5) is 31.7. The number of hydrogen-bond donors (Lipinski definition) is 2. The van der Waals surface area contributed by atoms with Gasteiger partial charge in [-0.1, -0.05) is 28.1 Å². The van der Waals surface area contributed by atoms with Gasteiger partial charge in [-0.3, -0.25) is 5.32 Å². The molecule has 0 bridgehead atoms. The second-order valence-electron chi connectivity index (χ2n) is 4.94. The molecule has 1 heterocycles. The number of urea groups is 1. The summed E-state index contributed by atoms with van der Waals surface area (Å²) in [6, 6.07) is 5.79. The van der Waals surface area contributed by atoms with E-state index in [0.717, 1.165) is 0 Å². The van der Waals surface area contributed by atoms with E-state index in [-0.39, 0.29) is 24.0 Å². The van der Waals surface area contributed by atoms with Gasteiger partial charge in [0.1, 0.15) is 15.2 Å². The number of methoxy groups -OCH3 is 1.